The Balaban J connectivity index is 2.71. The van der Waals surface area contributed by atoms with Crippen molar-refractivity contribution in [1.82, 2.24) is 4.72 Å². The lowest BCUT2D eigenvalue weighted by Crippen LogP contribution is -2.11. The van der Waals surface area contributed by atoms with Gasteiger partial charge in [0.1, 0.15) is 11.5 Å². The molecular weight excluding hydrogens is 295 g/mol. The molecule has 2 rings (SSSR count). The van der Waals surface area contributed by atoms with Gasteiger partial charge in [-0.15, -0.1) is 0 Å². The number of hydrogen-bond acceptors (Lipinski definition) is 4. The molecule has 0 atom stereocenters. The summed E-state index contributed by atoms with van der Waals surface area (Å²) in [5.41, 5.74) is 0.144. The molecule has 0 bridgehead atoms. The Morgan fingerprint density at radius 3 is 3.07 bits per heavy atom. The average Bonchev–Trinajstić information content (AvgIpc) is 2.14. The largest absolute Gasteiger partial charge is 0.504 e. The maximum atomic E-state index is 13.3. The third-order valence-electron chi connectivity index (χ3n) is 1.58. The van der Waals surface area contributed by atoms with Gasteiger partial charge in [-0.05, 0) is 33.9 Å². The van der Waals surface area contributed by atoms with Gasteiger partial charge in [-0.1, -0.05) is 11.6 Å². The lowest BCUT2D eigenvalue weighted by Gasteiger charge is -2.15. The Morgan fingerprint density at radius 1 is 1.64 bits per heavy atom. The highest BCUT2D eigenvalue weighted by Crippen LogP contribution is 2.44. The fraction of sp³-hybridized carbons (Fsp3) is 0. The van der Waals surface area contributed by atoms with Gasteiger partial charge in [0.05, 0.1) is 9.92 Å². The van der Waals surface area contributed by atoms with E-state index in [1.807, 2.05) is 0 Å². The van der Waals surface area contributed by atoms with Gasteiger partial charge in [-0.2, -0.15) is 0 Å². The van der Waals surface area contributed by atoms with E-state index in [1.54, 1.807) is 0 Å². The van der Waals surface area contributed by atoms with E-state index in [-0.39, 0.29) is 21.4 Å². The van der Waals surface area contributed by atoms with E-state index >= 15 is 0 Å². The second kappa shape index (κ2) is 3.60. The first-order valence-corrected chi connectivity index (χ1v) is 5.46. The summed E-state index contributed by atoms with van der Waals surface area (Å²) < 4.78 is 16.4. The summed E-state index contributed by atoms with van der Waals surface area (Å²) in [5.74, 6) is -0.724. The molecule has 0 aliphatic carbocycles. The number of fused-ring (bicyclic) bond motifs is 1. The summed E-state index contributed by atoms with van der Waals surface area (Å²) in [6.45, 7) is 0. The molecule has 0 spiro atoms. The quantitative estimate of drug-likeness (QED) is 0.571. The molecule has 3 nitrogen and oxygen atoms in total. The summed E-state index contributed by atoms with van der Waals surface area (Å²) in [6, 6.07) is 1.05. The second-order valence-electron chi connectivity index (χ2n) is 2.47. The summed E-state index contributed by atoms with van der Waals surface area (Å²) >= 11 is 9.70. The maximum Gasteiger partial charge on any atom is 0.181 e. The number of benzene rings is 1. The fourth-order valence-electron chi connectivity index (χ4n) is 0.994. The number of amidine groups is 1. The van der Waals surface area contributed by atoms with Crippen molar-refractivity contribution in [3.05, 3.63) is 16.9 Å². The van der Waals surface area contributed by atoms with Crippen molar-refractivity contribution in [2.45, 2.75) is 4.90 Å². The van der Waals surface area contributed by atoms with E-state index < -0.39 is 5.82 Å². The van der Waals surface area contributed by atoms with E-state index in [2.05, 4.69) is 25.6 Å². The zero-order valence-electron chi connectivity index (χ0n) is 6.51. The number of aliphatic imine (C=N–C) groups is 1. The first-order valence-electron chi connectivity index (χ1n) is 3.47. The highest BCUT2D eigenvalue weighted by molar-refractivity contribution is 9.18. The van der Waals surface area contributed by atoms with Crippen molar-refractivity contribution in [1.29, 1.82) is 0 Å². The minimum Gasteiger partial charge on any atom is -0.504 e. The number of rotatable bonds is 0. The van der Waals surface area contributed by atoms with Crippen LogP contribution in [0.1, 0.15) is 0 Å². The van der Waals surface area contributed by atoms with E-state index in [9.17, 15) is 9.50 Å². The Kier molecular flexibility index (Phi) is 2.59. The molecule has 0 saturated heterocycles. The van der Waals surface area contributed by atoms with E-state index in [0.29, 0.717) is 4.74 Å². The SMILES string of the molecule is Oc1c(Cl)cc(F)c2c1N=C(Br)NS2. The molecule has 0 aromatic heterocycles. The van der Waals surface area contributed by atoms with Crippen LogP contribution >= 0.6 is 39.5 Å². The molecule has 74 valence electrons. The van der Waals surface area contributed by atoms with Crippen LogP contribution in [0.5, 0.6) is 5.75 Å². The molecule has 7 heteroatoms. The summed E-state index contributed by atoms with van der Waals surface area (Å²) in [7, 11) is 0. The number of phenols is 1. The Morgan fingerprint density at radius 2 is 2.36 bits per heavy atom. The van der Waals surface area contributed by atoms with Crippen LogP contribution in [0.25, 0.3) is 0 Å². The number of phenolic OH excluding ortho intramolecular Hbond substituents is 1. The van der Waals surface area contributed by atoms with Crippen LogP contribution in [0.4, 0.5) is 10.1 Å². The minimum absolute atomic E-state index is 0.0483. The third kappa shape index (κ3) is 1.57. The van der Waals surface area contributed by atoms with Crippen molar-refractivity contribution >= 4 is 49.9 Å². The number of hydrogen-bond donors (Lipinski definition) is 2. The molecular formula is C7H3BrClFN2OS. The molecule has 0 fully saturated rings. The molecule has 1 aliphatic rings. The standard InChI is InChI=1S/C7H3BrClFN2OS/c8-7-11-4-5(13)2(9)1-3(10)6(4)14-12-7/h1,13H,(H,11,12). The number of nitrogens with zero attached hydrogens (tertiary/aromatic N) is 1. The Hall–Kier alpha value is -0.460. The minimum atomic E-state index is -0.510. The average molecular weight is 298 g/mol. The molecule has 0 radical (unpaired) electrons. The van der Waals surface area contributed by atoms with E-state index in [4.69, 9.17) is 11.6 Å². The van der Waals surface area contributed by atoms with Gasteiger partial charge in [0.2, 0.25) is 0 Å². The van der Waals surface area contributed by atoms with Gasteiger partial charge >= 0.3 is 0 Å². The van der Waals surface area contributed by atoms with Crippen LogP contribution in [0.3, 0.4) is 0 Å². The summed E-state index contributed by atoms with van der Waals surface area (Å²) in [6.07, 6.45) is 0. The zero-order chi connectivity index (χ0) is 10.3. The third-order valence-corrected chi connectivity index (χ3v) is 3.40. The second-order valence-corrected chi connectivity index (χ2v) is 4.45. The van der Waals surface area contributed by atoms with Crippen molar-refractivity contribution in [2.75, 3.05) is 0 Å². The molecule has 1 aliphatic heterocycles. The maximum absolute atomic E-state index is 13.3. The zero-order valence-corrected chi connectivity index (χ0v) is 9.67. The van der Waals surface area contributed by atoms with Crippen LogP contribution in [0, 0.1) is 5.82 Å². The Labute approximate surface area is 96.6 Å². The van der Waals surface area contributed by atoms with Gasteiger partial charge in [-0.3, -0.25) is 0 Å². The van der Waals surface area contributed by atoms with E-state index in [1.165, 1.54) is 0 Å². The van der Waals surface area contributed by atoms with Crippen molar-refractivity contribution in [2.24, 2.45) is 4.99 Å². The van der Waals surface area contributed by atoms with Crippen molar-refractivity contribution < 1.29 is 9.50 Å². The topological polar surface area (TPSA) is 44.6 Å². The van der Waals surface area contributed by atoms with Gasteiger partial charge in [0.25, 0.3) is 0 Å². The first kappa shape index (κ1) is 10.1. The van der Waals surface area contributed by atoms with Gasteiger partial charge in [-0.25, -0.2) is 9.38 Å². The summed E-state index contributed by atoms with van der Waals surface area (Å²) in [5, 5.41) is 9.47. The van der Waals surface area contributed by atoms with Crippen molar-refractivity contribution in [3.63, 3.8) is 0 Å². The van der Waals surface area contributed by atoms with E-state index in [0.717, 1.165) is 18.0 Å². The van der Waals surface area contributed by atoms with Crippen LogP contribution < -0.4 is 4.72 Å². The van der Waals surface area contributed by atoms with Crippen LogP contribution in [0.2, 0.25) is 5.02 Å². The highest BCUT2D eigenvalue weighted by Gasteiger charge is 2.21. The van der Waals surface area contributed by atoms with Crippen molar-refractivity contribution in [3.8, 4) is 5.75 Å². The molecule has 2 N–H and O–H groups in total. The number of nitrogens with one attached hydrogen (secondary N) is 1. The number of halogens is 3. The van der Waals surface area contributed by atoms with Crippen LogP contribution in [-0.4, -0.2) is 9.85 Å². The van der Waals surface area contributed by atoms with Crippen LogP contribution in [-0.2, 0) is 0 Å². The monoisotopic (exact) mass is 296 g/mol. The molecule has 1 aromatic carbocycles. The normalized spacial score (nSPS) is 14.4. The predicted molar refractivity (Wildman–Crippen MR) is 58.1 cm³/mol. The lowest BCUT2D eigenvalue weighted by atomic mass is 10.3. The van der Waals surface area contributed by atoms with Gasteiger partial charge in [0.15, 0.2) is 10.5 Å². The number of aromatic hydroxyl groups is 1. The molecule has 0 amide bonds. The smallest absolute Gasteiger partial charge is 0.181 e. The summed E-state index contributed by atoms with van der Waals surface area (Å²) in [4.78, 5) is 4.13. The Bertz CT molecular complexity index is 440. The van der Waals surface area contributed by atoms with Gasteiger partial charge in [0, 0.05) is 0 Å². The molecule has 1 heterocycles. The highest BCUT2D eigenvalue weighted by atomic mass is 79.9. The first-order chi connectivity index (χ1) is 6.59. The van der Waals surface area contributed by atoms with Crippen LogP contribution in [0.15, 0.2) is 16.0 Å². The van der Waals surface area contributed by atoms with Gasteiger partial charge < -0.3 is 9.83 Å². The molecule has 0 unspecified atom stereocenters. The molecule has 0 saturated carbocycles. The molecule has 14 heavy (non-hydrogen) atoms. The predicted octanol–water partition coefficient (Wildman–Crippen LogP) is 3.18. The fourth-order valence-corrected chi connectivity index (χ4v) is 2.23. The lowest BCUT2D eigenvalue weighted by molar-refractivity contribution is 0.472. The molecule has 1 aromatic rings.